The Labute approximate surface area is 113 Å². The number of carbonyl (C=O) groups excluding carboxylic acids is 1. The lowest BCUT2D eigenvalue weighted by Gasteiger charge is -2.19. The number of rotatable bonds is 3. The van der Waals surface area contributed by atoms with Crippen LogP contribution in [0.5, 0.6) is 0 Å². The third-order valence-electron chi connectivity index (χ3n) is 3.40. The average Bonchev–Trinajstić information content (AvgIpc) is 2.49. The Bertz CT molecular complexity index is 493. The van der Waals surface area contributed by atoms with Crippen molar-refractivity contribution in [2.45, 2.75) is 32.1 Å². The minimum Gasteiger partial charge on any atom is -0.273 e. The van der Waals surface area contributed by atoms with E-state index in [1.807, 2.05) is 0 Å². The zero-order valence-corrected chi connectivity index (χ0v) is 10.8. The maximum absolute atomic E-state index is 11.8. The van der Waals surface area contributed by atoms with Crippen molar-refractivity contribution < 1.29 is 4.79 Å². The van der Waals surface area contributed by atoms with Crippen molar-refractivity contribution >= 4 is 12.1 Å². The summed E-state index contributed by atoms with van der Waals surface area (Å²) in [6, 6.07) is 9.11. The molecule has 1 saturated carbocycles. The van der Waals surface area contributed by atoms with Crippen molar-refractivity contribution in [2.24, 2.45) is 11.0 Å². The second-order valence-corrected chi connectivity index (χ2v) is 4.80. The van der Waals surface area contributed by atoms with Crippen molar-refractivity contribution in [3.05, 3.63) is 35.4 Å². The Morgan fingerprint density at radius 2 is 1.95 bits per heavy atom. The third-order valence-corrected chi connectivity index (χ3v) is 3.40. The second-order valence-electron chi connectivity index (χ2n) is 4.80. The highest BCUT2D eigenvalue weighted by atomic mass is 16.2. The number of carbonyl (C=O) groups is 1. The van der Waals surface area contributed by atoms with Crippen LogP contribution in [0.4, 0.5) is 0 Å². The number of benzene rings is 1. The summed E-state index contributed by atoms with van der Waals surface area (Å²) in [5, 5.41) is 12.6. The molecule has 4 heteroatoms. The molecule has 1 aromatic rings. The first-order valence-electron chi connectivity index (χ1n) is 6.62. The molecule has 1 fully saturated rings. The Morgan fingerprint density at radius 3 is 2.58 bits per heavy atom. The van der Waals surface area contributed by atoms with Gasteiger partial charge in [-0.15, -0.1) is 0 Å². The van der Waals surface area contributed by atoms with Gasteiger partial charge in [0.05, 0.1) is 17.8 Å². The number of hydrogen-bond donors (Lipinski definition) is 1. The number of nitrogens with one attached hydrogen (secondary N) is 1. The van der Waals surface area contributed by atoms with E-state index in [4.69, 9.17) is 5.26 Å². The summed E-state index contributed by atoms with van der Waals surface area (Å²) in [6.07, 6.45) is 7.05. The van der Waals surface area contributed by atoms with E-state index in [0.29, 0.717) is 5.56 Å². The molecule has 98 valence electrons. The zero-order valence-electron chi connectivity index (χ0n) is 10.8. The van der Waals surface area contributed by atoms with Crippen molar-refractivity contribution in [2.75, 3.05) is 0 Å². The Balaban J connectivity index is 1.85. The summed E-state index contributed by atoms with van der Waals surface area (Å²) in [4.78, 5) is 11.8. The van der Waals surface area contributed by atoms with Gasteiger partial charge in [-0.05, 0) is 30.5 Å². The highest BCUT2D eigenvalue weighted by molar-refractivity contribution is 5.83. The molecular formula is C15H17N3O. The number of nitrogens with zero attached hydrogens (tertiary/aromatic N) is 2. The molecule has 0 spiro atoms. The van der Waals surface area contributed by atoms with Crippen molar-refractivity contribution in [1.82, 2.24) is 5.43 Å². The first kappa shape index (κ1) is 13.3. The molecule has 0 radical (unpaired) electrons. The number of hydrogen-bond acceptors (Lipinski definition) is 3. The van der Waals surface area contributed by atoms with Gasteiger partial charge < -0.3 is 0 Å². The highest BCUT2D eigenvalue weighted by Crippen LogP contribution is 2.23. The molecule has 1 N–H and O–H groups in total. The van der Waals surface area contributed by atoms with E-state index in [1.165, 1.54) is 6.42 Å². The molecule has 0 atom stereocenters. The fourth-order valence-electron chi connectivity index (χ4n) is 2.27. The Hall–Kier alpha value is -2.15. The lowest BCUT2D eigenvalue weighted by atomic mass is 9.89. The molecular weight excluding hydrogens is 238 g/mol. The predicted octanol–water partition coefficient (Wildman–Crippen LogP) is 2.59. The van der Waals surface area contributed by atoms with Crippen LogP contribution in [0.1, 0.15) is 43.2 Å². The minimum atomic E-state index is 0.0181. The van der Waals surface area contributed by atoms with Crippen LogP contribution in [0.25, 0.3) is 0 Å². The van der Waals surface area contributed by atoms with E-state index < -0.39 is 0 Å². The standard InChI is InChI=1S/C15H17N3O/c16-10-12-6-8-13(9-7-12)11-17-18-15(19)14-4-2-1-3-5-14/h6-9,11,14H,1-5H2,(H,18,19). The molecule has 4 nitrogen and oxygen atoms in total. The van der Waals surface area contributed by atoms with E-state index >= 15 is 0 Å². The normalized spacial score (nSPS) is 16.2. The number of hydrazone groups is 1. The van der Waals surface area contributed by atoms with Crippen LogP contribution in [0.15, 0.2) is 29.4 Å². The fraction of sp³-hybridized carbons (Fsp3) is 0.400. The van der Waals surface area contributed by atoms with E-state index in [2.05, 4.69) is 16.6 Å². The molecule has 19 heavy (non-hydrogen) atoms. The summed E-state index contributed by atoms with van der Waals surface area (Å²) in [6.45, 7) is 0. The first-order valence-corrected chi connectivity index (χ1v) is 6.62. The van der Waals surface area contributed by atoms with Gasteiger partial charge >= 0.3 is 0 Å². The first-order chi connectivity index (χ1) is 9.29. The molecule has 0 saturated heterocycles. The Morgan fingerprint density at radius 1 is 1.26 bits per heavy atom. The maximum atomic E-state index is 11.8. The Kier molecular flexibility index (Phi) is 4.68. The molecule has 0 unspecified atom stereocenters. The average molecular weight is 255 g/mol. The molecule has 1 aliphatic carbocycles. The van der Waals surface area contributed by atoms with E-state index in [9.17, 15) is 4.79 Å². The molecule has 0 heterocycles. The fourth-order valence-corrected chi connectivity index (χ4v) is 2.27. The summed E-state index contributed by atoms with van der Waals surface area (Å²) < 4.78 is 0. The topological polar surface area (TPSA) is 65.2 Å². The predicted molar refractivity (Wildman–Crippen MR) is 73.5 cm³/mol. The summed E-state index contributed by atoms with van der Waals surface area (Å²) in [7, 11) is 0. The van der Waals surface area contributed by atoms with Crippen molar-refractivity contribution in [3.63, 3.8) is 0 Å². The number of nitriles is 1. The van der Waals surface area contributed by atoms with Crippen LogP contribution in [0, 0.1) is 17.2 Å². The van der Waals surface area contributed by atoms with Gasteiger partial charge in [0.1, 0.15) is 0 Å². The van der Waals surface area contributed by atoms with Crippen LogP contribution < -0.4 is 5.43 Å². The van der Waals surface area contributed by atoms with Crippen LogP contribution in [0.2, 0.25) is 0 Å². The molecule has 1 aliphatic rings. The lowest BCUT2D eigenvalue weighted by Crippen LogP contribution is -2.28. The van der Waals surface area contributed by atoms with Gasteiger partial charge in [0, 0.05) is 5.92 Å². The molecule has 1 amide bonds. The quantitative estimate of drug-likeness (QED) is 0.666. The molecule has 0 bridgehead atoms. The maximum Gasteiger partial charge on any atom is 0.243 e. The summed E-state index contributed by atoms with van der Waals surface area (Å²) >= 11 is 0. The summed E-state index contributed by atoms with van der Waals surface area (Å²) in [5.41, 5.74) is 4.07. The van der Waals surface area contributed by atoms with Gasteiger partial charge in [-0.3, -0.25) is 4.79 Å². The van der Waals surface area contributed by atoms with Gasteiger partial charge in [0.25, 0.3) is 0 Å². The van der Waals surface area contributed by atoms with Gasteiger partial charge in [0.2, 0.25) is 5.91 Å². The molecule has 1 aromatic carbocycles. The van der Waals surface area contributed by atoms with Crippen molar-refractivity contribution in [3.8, 4) is 6.07 Å². The third kappa shape index (κ3) is 3.92. The van der Waals surface area contributed by atoms with Crippen LogP contribution >= 0.6 is 0 Å². The van der Waals surface area contributed by atoms with E-state index in [1.54, 1.807) is 30.5 Å². The molecule has 2 rings (SSSR count). The van der Waals surface area contributed by atoms with Gasteiger partial charge in [-0.2, -0.15) is 10.4 Å². The van der Waals surface area contributed by atoms with Crippen LogP contribution in [-0.2, 0) is 4.79 Å². The minimum absolute atomic E-state index is 0.0181. The smallest absolute Gasteiger partial charge is 0.243 e. The zero-order chi connectivity index (χ0) is 13.5. The molecule has 0 aromatic heterocycles. The van der Waals surface area contributed by atoms with Crippen LogP contribution in [-0.4, -0.2) is 12.1 Å². The SMILES string of the molecule is N#Cc1ccc(C=NNC(=O)C2CCCCC2)cc1. The number of amides is 1. The monoisotopic (exact) mass is 255 g/mol. The highest BCUT2D eigenvalue weighted by Gasteiger charge is 2.20. The molecule has 0 aliphatic heterocycles. The summed E-state index contributed by atoms with van der Waals surface area (Å²) in [5.74, 6) is 0.136. The lowest BCUT2D eigenvalue weighted by molar-refractivity contribution is -0.125. The van der Waals surface area contributed by atoms with Gasteiger partial charge in [-0.1, -0.05) is 31.4 Å². The van der Waals surface area contributed by atoms with E-state index in [0.717, 1.165) is 31.2 Å². The van der Waals surface area contributed by atoms with Crippen LogP contribution in [0.3, 0.4) is 0 Å². The largest absolute Gasteiger partial charge is 0.273 e. The van der Waals surface area contributed by atoms with Gasteiger partial charge in [-0.25, -0.2) is 5.43 Å². The second kappa shape index (κ2) is 6.69. The van der Waals surface area contributed by atoms with Gasteiger partial charge in [0.15, 0.2) is 0 Å². The van der Waals surface area contributed by atoms with Crippen molar-refractivity contribution in [1.29, 1.82) is 5.26 Å². The van der Waals surface area contributed by atoms with E-state index in [-0.39, 0.29) is 11.8 Å².